The van der Waals surface area contributed by atoms with Gasteiger partial charge >= 0.3 is 5.69 Å². The van der Waals surface area contributed by atoms with Crippen molar-refractivity contribution in [2.24, 2.45) is 13.0 Å². The van der Waals surface area contributed by atoms with Gasteiger partial charge in [-0.2, -0.15) is 0 Å². The average molecular weight is 300 g/mol. The number of aromatic nitrogens is 2. The van der Waals surface area contributed by atoms with Gasteiger partial charge in [-0.3, -0.25) is 13.9 Å². The third-order valence-corrected chi connectivity index (χ3v) is 3.12. The molecule has 0 saturated heterocycles. The first kappa shape index (κ1) is 17.3. The monoisotopic (exact) mass is 300 g/mol. The van der Waals surface area contributed by atoms with Crippen LogP contribution < -0.4 is 22.3 Å². The third kappa shape index (κ3) is 3.85. The molecule has 0 aliphatic rings. The molecule has 0 saturated carbocycles. The summed E-state index contributed by atoms with van der Waals surface area (Å²) in [5.74, 6) is 0.210. The molecule has 0 aliphatic heterocycles. The Morgan fingerprint density at radius 2 is 1.95 bits per heavy atom. The van der Waals surface area contributed by atoms with Crippen molar-refractivity contribution in [1.82, 2.24) is 9.13 Å². The molecule has 0 amide bonds. The molecule has 120 valence electrons. The van der Waals surface area contributed by atoms with Gasteiger partial charge in [0, 0.05) is 20.1 Å². The van der Waals surface area contributed by atoms with Gasteiger partial charge in [0.2, 0.25) is 0 Å². The number of nitrogens with zero attached hydrogens (tertiary/aromatic N) is 2. The van der Waals surface area contributed by atoms with E-state index in [2.05, 4.69) is 5.32 Å². The smallest absolute Gasteiger partial charge is 0.332 e. The summed E-state index contributed by atoms with van der Waals surface area (Å²) < 4.78 is 2.29. The molecule has 8 heteroatoms. The predicted octanol–water partition coefficient (Wildman–Crippen LogP) is -1.06. The van der Waals surface area contributed by atoms with E-state index in [1.165, 1.54) is 18.5 Å². The number of hydrogen-bond acceptors (Lipinski definition) is 6. The van der Waals surface area contributed by atoms with E-state index in [1.807, 2.05) is 13.8 Å². The summed E-state index contributed by atoms with van der Waals surface area (Å²) in [6.45, 7) is 5.13. The molecule has 0 aliphatic carbocycles. The van der Waals surface area contributed by atoms with Crippen LogP contribution in [0.5, 0.6) is 0 Å². The zero-order valence-electron chi connectivity index (χ0n) is 12.9. The highest BCUT2D eigenvalue weighted by Crippen LogP contribution is 2.14. The summed E-state index contributed by atoms with van der Waals surface area (Å²) in [4.78, 5) is 24.2. The molecule has 5 N–H and O–H groups in total. The van der Waals surface area contributed by atoms with Crippen molar-refractivity contribution in [2.75, 3.05) is 24.2 Å². The van der Waals surface area contributed by atoms with E-state index in [1.54, 1.807) is 0 Å². The van der Waals surface area contributed by atoms with E-state index in [9.17, 15) is 14.7 Å². The highest BCUT2D eigenvalue weighted by atomic mass is 16.3. The molecule has 21 heavy (non-hydrogen) atoms. The molecule has 0 aromatic carbocycles. The number of aliphatic hydroxyl groups excluding tert-OH is 1. The lowest BCUT2D eigenvalue weighted by molar-refractivity contribution is 0.0132. The Kier molecular flexibility index (Phi) is 5.19. The number of nitrogens with two attached hydrogens (primary N) is 1. The van der Waals surface area contributed by atoms with Crippen molar-refractivity contribution in [1.29, 1.82) is 0 Å². The van der Waals surface area contributed by atoms with Gasteiger partial charge in [0.25, 0.3) is 5.56 Å². The van der Waals surface area contributed by atoms with E-state index < -0.39 is 23.5 Å². The van der Waals surface area contributed by atoms with E-state index in [4.69, 9.17) is 10.8 Å². The van der Waals surface area contributed by atoms with Crippen LogP contribution in [0.4, 0.5) is 11.5 Å². The minimum Gasteiger partial charge on any atom is -0.393 e. The molecular weight excluding hydrogens is 276 g/mol. The fourth-order valence-corrected chi connectivity index (χ4v) is 1.83. The third-order valence-electron chi connectivity index (χ3n) is 3.12. The van der Waals surface area contributed by atoms with Crippen LogP contribution in [0.3, 0.4) is 0 Å². The first-order valence-electron chi connectivity index (χ1n) is 6.77. The fraction of sp³-hybridized carbons (Fsp3) is 0.692. The molecule has 1 atom stereocenters. The van der Waals surface area contributed by atoms with Crippen molar-refractivity contribution >= 4 is 11.5 Å². The van der Waals surface area contributed by atoms with Gasteiger partial charge < -0.3 is 21.3 Å². The van der Waals surface area contributed by atoms with Crippen molar-refractivity contribution in [3.05, 3.63) is 20.8 Å². The zero-order valence-corrected chi connectivity index (χ0v) is 12.9. The van der Waals surface area contributed by atoms with Gasteiger partial charge in [0.15, 0.2) is 0 Å². The minimum atomic E-state index is -1.39. The van der Waals surface area contributed by atoms with Crippen LogP contribution >= 0.6 is 0 Å². The topological polar surface area (TPSA) is 123 Å². The quantitative estimate of drug-likeness (QED) is 0.531. The summed E-state index contributed by atoms with van der Waals surface area (Å²) >= 11 is 0. The van der Waals surface area contributed by atoms with E-state index in [-0.39, 0.29) is 24.0 Å². The van der Waals surface area contributed by atoms with Crippen LogP contribution in [0, 0.1) is 5.92 Å². The van der Waals surface area contributed by atoms with Gasteiger partial charge in [0.1, 0.15) is 17.1 Å². The lowest BCUT2D eigenvalue weighted by Crippen LogP contribution is -2.43. The molecule has 0 radical (unpaired) electrons. The number of anilines is 2. The lowest BCUT2D eigenvalue weighted by atomic mass is 10.1. The number of aliphatic hydroxyl groups is 2. The van der Waals surface area contributed by atoms with Gasteiger partial charge in [0.05, 0.1) is 6.61 Å². The predicted molar refractivity (Wildman–Crippen MR) is 81.4 cm³/mol. The summed E-state index contributed by atoms with van der Waals surface area (Å²) in [5, 5.41) is 21.5. The molecule has 1 aromatic heterocycles. The van der Waals surface area contributed by atoms with Gasteiger partial charge in [-0.15, -0.1) is 0 Å². The maximum absolute atomic E-state index is 12.1. The molecule has 0 bridgehead atoms. The molecule has 1 heterocycles. The maximum Gasteiger partial charge on any atom is 0.332 e. The lowest BCUT2D eigenvalue weighted by Gasteiger charge is -2.23. The van der Waals surface area contributed by atoms with Crippen LogP contribution in [0.25, 0.3) is 0 Å². The van der Waals surface area contributed by atoms with Crippen LogP contribution in [0.15, 0.2) is 9.59 Å². The van der Waals surface area contributed by atoms with Crippen molar-refractivity contribution in [2.45, 2.75) is 32.9 Å². The Bertz CT molecular complexity index is 616. The largest absolute Gasteiger partial charge is 0.393 e. The van der Waals surface area contributed by atoms with Gasteiger partial charge in [-0.1, -0.05) is 13.8 Å². The highest BCUT2D eigenvalue weighted by Gasteiger charge is 2.22. The molecule has 0 spiro atoms. The van der Waals surface area contributed by atoms with Crippen LogP contribution in [0.2, 0.25) is 0 Å². The average Bonchev–Trinajstić information content (AvgIpc) is 2.41. The Hall–Kier alpha value is -1.80. The Morgan fingerprint density at radius 3 is 2.43 bits per heavy atom. The number of hydrogen-bond donors (Lipinski definition) is 4. The minimum absolute atomic E-state index is 0.0329. The first-order valence-corrected chi connectivity index (χ1v) is 6.77. The summed E-state index contributed by atoms with van der Waals surface area (Å²) in [6, 6.07) is 0. The van der Waals surface area contributed by atoms with Crippen molar-refractivity contribution in [3.8, 4) is 0 Å². The van der Waals surface area contributed by atoms with E-state index in [0.29, 0.717) is 6.54 Å². The summed E-state index contributed by atoms with van der Waals surface area (Å²) in [5.41, 5.74) is 3.53. The first-order chi connectivity index (χ1) is 9.60. The Labute approximate surface area is 122 Å². The summed E-state index contributed by atoms with van der Waals surface area (Å²) in [6.07, 6.45) is 0. The van der Waals surface area contributed by atoms with Gasteiger partial charge in [-0.25, -0.2) is 4.79 Å². The molecule has 1 aromatic rings. The van der Waals surface area contributed by atoms with Crippen molar-refractivity contribution < 1.29 is 10.2 Å². The van der Waals surface area contributed by atoms with Crippen molar-refractivity contribution in [3.63, 3.8) is 0 Å². The number of nitrogens with one attached hydrogen (secondary N) is 1. The Balaban J connectivity index is 3.29. The van der Waals surface area contributed by atoms with E-state index in [0.717, 1.165) is 4.57 Å². The SMILES string of the molecule is CC(C)Cn1c(N)c(NCC(C)(O)CO)c(=O)n(C)c1=O. The van der Waals surface area contributed by atoms with E-state index >= 15 is 0 Å². The fourth-order valence-electron chi connectivity index (χ4n) is 1.83. The van der Waals surface area contributed by atoms with Crippen LogP contribution in [-0.2, 0) is 13.6 Å². The second-order valence-corrected chi connectivity index (χ2v) is 5.92. The second kappa shape index (κ2) is 6.31. The maximum atomic E-state index is 12.1. The summed E-state index contributed by atoms with van der Waals surface area (Å²) in [7, 11) is 1.37. The standard InChI is InChI=1S/C13H24N4O4/c1-8(2)5-17-10(14)9(11(19)16(4)12(17)20)15-6-13(3,21)7-18/h8,15,18,21H,5-7,14H2,1-4H3. The normalized spacial score (nSPS) is 14.2. The zero-order chi connectivity index (χ0) is 16.4. The van der Waals surface area contributed by atoms with Gasteiger partial charge in [-0.05, 0) is 12.8 Å². The molecular formula is C13H24N4O4. The number of nitrogen functional groups attached to an aromatic ring is 1. The molecule has 0 fully saturated rings. The molecule has 1 unspecified atom stereocenters. The van der Waals surface area contributed by atoms with Crippen LogP contribution in [-0.4, -0.2) is 38.1 Å². The second-order valence-electron chi connectivity index (χ2n) is 5.92. The highest BCUT2D eigenvalue weighted by molar-refractivity contribution is 5.60. The number of rotatable bonds is 6. The molecule has 1 rings (SSSR count). The molecule has 8 nitrogen and oxygen atoms in total. The van der Waals surface area contributed by atoms with Crippen LogP contribution in [0.1, 0.15) is 20.8 Å². The Morgan fingerprint density at radius 1 is 1.38 bits per heavy atom.